The van der Waals surface area contributed by atoms with E-state index >= 15 is 0 Å². The maximum absolute atomic E-state index is 5.79. The van der Waals surface area contributed by atoms with Crippen molar-refractivity contribution < 1.29 is 0 Å². The van der Waals surface area contributed by atoms with Gasteiger partial charge in [0, 0.05) is 41.7 Å². The maximum atomic E-state index is 5.79. The second-order valence-corrected chi connectivity index (χ2v) is 5.41. The highest BCUT2D eigenvalue weighted by Crippen LogP contribution is 2.26. The Bertz CT molecular complexity index is 549. The van der Waals surface area contributed by atoms with Gasteiger partial charge in [0.1, 0.15) is 0 Å². The fraction of sp³-hybridized carbons (Fsp3) is 0.308. The van der Waals surface area contributed by atoms with Crippen LogP contribution in [0.5, 0.6) is 0 Å². The summed E-state index contributed by atoms with van der Waals surface area (Å²) < 4.78 is 1.10. The minimum absolute atomic E-state index is 0.352. The molecule has 1 aliphatic rings. The number of pyridine rings is 1. The zero-order valence-electron chi connectivity index (χ0n) is 9.44. The molecule has 2 heterocycles. The standard InChI is InChI=1S/C13H14BrN3/c14-12-4-3-9(6-17-7-10(15)8-17)13-11(12)2-1-5-16-13/h1-5,10H,6-8,15H2. The van der Waals surface area contributed by atoms with Crippen LogP contribution in [0.3, 0.4) is 0 Å². The monoisotopic (exact) mass is 291 g/mol. The maximum Gasteiger partial charge on any atom is 0.0758 e. The van der Waals surface area contributed by atoms with Gasteiger partial charge >= 0.3 is 0 Å². The number of fused-ring (bicyclic) bond motifs is 1. The number of halogens is 1. The number of nitrogens with two attached hydrogens (primary N) is 1. The average Bonchev–Trinajstić information content (AvgIpc) is 2.31. The molecular weight excluding hydrogens is 278 g/mol. The van der Waals surface area contributed by atoms with Crippen LogP contribution in [-0.2, 0) is 6.54 Å². The number of hydrogen-bond donors (Lipinski definition) is 1. The molecule has 3 nitrogen and oxygen atoms in total. The van der Waals surface area contributed by atoms with E-state index in [-0.39, 0.29) is 0 Å². The molecule has 4 heteroatoms. The van der Waals surface area contributed by atoms with Crippen molar-refractivity contribution in [1.29, 1.82) is 0 Å². The third-order valence-corrected chi connectivity index (χ3v) is 3.87. The lowest BCUT2D eigenvalue weighted by Crippen LogP contribution is -2.54. The van der Waals surface area contributed by atoms with Gasteiger partial charge in [-0.1, -0.05) is 28.1 Å². The van der Waals surface area contributed by atoms with Gasteiger partial charge in [-0.25, -0.2) is 0 Å². The lowest BCUT2D eigenvalue weighted by Gasteiger charge is -2.36. The zero-order chi connectivity index (χ0) is 11.8. The van der Waals surface area contributed by atoms with E-state index in [2.05, 4.69) is 44.0 Å². The fourth-order valence-corrected chi connectivity index (χ4v) is 2.76. The minimum Gasteiger partial charge on any atom is -0.325 e. The van der Waals surface area contributed by atoms with Crippen molar-refractivity contribution in [3.63, 3.8) is 0 Å². The Kier molecular flexibility index (Phi) is 2.86. The van der Waals surface area contributed by atoms with Gasteiger partial charge in [0.05, 0.1) is 5.52 Å². The summed E-state index contributed by atoms with van der Waals surface area (Å²) in [6.45, 7) is 2.92. The highest BCUT2D eigenvalue weighted by molar-refractivity contribution is 9.10. The third kappa shape index (κ3) is 2.08. The molecule has 1 saturated heterocycles. The van der Waals surface area contributed by atoms with Crippen molar-refractivity contribution in [2.24, 2.45) is 5.73 Å². The Morgan fingerprint density at radius 2 is 2.18 bits per heavy atom. The van der Waals surface area contributed by atoms with Crippen LogP contribution in [-0.4, -0.2) is 29.0 Å². The zero-order valence-corrected chi connectivity index (χ0v) is 11.0. The normalized spacial score (nSPS) is 17.3. The number of hydrogen-bond acceptors (Lipinski definition) is 3. The highest BCUT2D eigenvalue weighted by atomic mass is 79.9. The van der Waals surface area contributed by atoms with Gasteiger partial charge in [-0.15, -0.1) is 0 Å². The first kappa shape index (κ1) is 11.1. The van der Waals surface area contributed by atoms with Gasteiger partial charge < -0.3 is 5.73 Å². The topological polar surface area (TPSA) is 42.1 Å². The van der Waals surface area contributed by atoms with Crippen LogP contribution >= 0.6 is 15.9 Å². The Morgan fingerprint density at radius 1 is 1.35 bits per heavy atom. The summed E-state index contributed by atoms with van der Waals surface area (Å²) >= 11 is 3.56. The second kappa shape index (κ2) is 4.37. The summed E-state index contributed by atoms with van der Waals surface area (Å²) in [4.78, 5) is 6.83. The molecule has 88 valence electrons. The van der Waals surface area contributed by atoms with Crippen LogP contribution < -0.4 is 5.73 Å². The molecule has 1 aliphatic heterocycles. The third-order valence-electron chi connectivity index (χ3n) is 3.18. The molecule has 1 aromatic carbocycles. The molecule has 0 amide bonds. The summed E-state index contributed by atoms with van der Waals surface area (Å²) in [6.07, 6.45) is 1.85. The predicted molar refractivity (Wildman–Crippen MR) is 72.7 cm³/mol. The lowest BCUT2D eigenvalue weighted by molar-refractivity contribution is 0.143. The molecular formula is C13H14BrN3. The highest BCUT2D eigenvalue weighted by Gasteiger charge is 2.23. The van der Waals surface area contributed by atoms with Crippen LogP contribution in [0.1, 0.15) is 5.56 Å². The van der Waals surface area contributed by atoms with Gasteiger partial charge in [0.15, 0.2) is 0 Å². The van der Waals surface area contributed by atoms with Gasteiger partial charge in [-0.3, -0.25) is 9.88 Å². The summed E-state index contributed by atoms with van der Waals surface area (Å²) in [7, 11) is 0. The number of benzene rings is 1. The molecule has 0 aliphatic carbocycles. The molecule has 1 fully saturated rings. The largest absolute Gasteiger partial charge is 0.325 e. The van der Waals surface area contributed by atoms with Crippen molar-refractivity contribution in [2.45, 2.75) is 12.6 Å². The first-order valence-corrected chi connectivity index (χ1v) is 6.53. The van der Waals surface area contributed by atoms with Crippen molar-refractivity contribution in [2.75, 3.05) is 13.1 Å². The summed E-state index contributed by atoms with van der Waals surface area (Å²) in [5.41, 5.74) is 8.15. The van der Waals surface area contributed by atoms with Crippen LogP contribution in [0.2, 0.25) is 0 Å². The van der Waals surface area contributed by atoms with Crippen molar-refractivity contribution >= 4 is 26.8 Å². The minimum atomic E-state index is 0.352. The fourth-order valence-electron chi connectivity index (χ4n) is 2.30. The molecule has 1 aromatic heterocycles. The molecule has 0 bridgehead atoms. The van der Waals surface area contributed by atoms with E-state index in [1.54, 1.807) is 0 Å². The van der Waals surface area contributed by atoms with Crippen LogP contribution in [0, 0.1) is 0 Å². The number of rotatable bonds is 2. The van der Waals surface area contributed by atoms with E-state index in [1.165, 1.54) is 10.9 Å². The first-order chi connectivity index (χ1) is 8.24. The van der Waals surface area contributed by atoms with E-state index in [4.69, 9.17) is 5.73 Å². The number of likely N-dealkylation sites (tertiary alicyclic amines) is 1. The van der Waals surface area contributed by atoms with E-state index in [1.807, 2.05) is 12.3 Å². The first-order valence-electron chi connectivity index (χ1n) is 5.74. The SMILES string of the molecule is NC1CN(Cc2ccc(Br)c3cccnc23)C1. The van der Waals surface area contributed by atoms with E-state index in [0.29, 0.717) is 6.04 Å². The molecule has 17 heavy (non-hydrogen) atoms. The lowest BCUT2D eigenvalue weighted by atomic mass is 10.1. The van der Waals surface area contributed by atoms with E-state index < -0.39 is 0 Å². The quantitative estimate of drug-likeness (QED) is 0.922. The van der Waals surface area contributed by atoms with Crippen LogP contribution in [0.25, 0.3) is 10.9 Å². The van der Waals surface area contributed by atoms with Crippen molar-refractivity contribution in [3.05, 3.63) is 40.5 Å². The van der Waals surface area contributed by atoms with E-state index in [0.717, 1.165) is 29.6 Å². The molecule has 2 N–H and O–H groups in total. The molecule has 2 aromatic rings. The van der Waals surface area contributed by atoms with Gasteiger partial charge in [0.2, 0.25) is 0 Å². The molecule has 0 atom stereocenters. The summed E-state index contributed by atoms with van der Waals surface area (Å²) in [6, 6.07) is 8.65. The molecule has 3 rings (SSSR count). The van der Waals surface area contributed by atoms with Crippen LogP contribution in [0.4, 0.5) is 0 Å². The Labute approximate surface area is 109 Å². The predicted octanol–water partition coefficient (Wildman–Crippen LogP) is 2.14. The number of aromatic nitrogens is 1. The van der Waals surface area contributed by atoms with Gasteiger partial charge in [0.25, 0.3) is 0 Å². The molecule has 0 saturated carbocycles. The molecule has 0 unspecified atom stereocenters. The summed E-state index contributed by atoms with van der Waals surface area (Å²) in [5, 5.41) is 1.18. The van der Waals surface area contributed by atoms with Crippen molar-refractivity contribution in [1.82, 2.24) is 9.88 Å². The second-order valence-electron chi connectivity index (χ2n) is 4.56. The average molecular weight is 292 g/mol. The van der Waals surface area contributed by atoms with Gasteiger partial charge in [-0.05, 0) is 17.7 Å². The van der Waals surface area contributed by atoms with E-state index in [9.17, 15) is 0 Å². The van der Waals surface area contributed by atoms with Crippen LogP contribution in [0.15, 0.2) is 34.9 Å². The molecule has 0 spiro atoms. The molecule has 0 radical (unpaired) electrons. The smallest absolute Gasteiger partial charge is 0.0758 e. The summed E-state index contributed by atoms with van der Waals surface area (Å²) in [5.74, 6) is 0. The van der Waals surface area contributed by atoms with Gasteiger partial charge in [-0.2, -0.15) is 0 Å². The Morgan fingerprint density at radius 3 is 2.94 bits per heavy atom. The Balaban J connectivity index is 1.96. The number of nitrogens with zero attached hydrogens (tertiary/aromatic N) is 2. The van der Waals surface area contributed by atoms with Crippen molar-refractivity contribution in [3.8, 4) is 0 Å². The Hall–Kier alpha value is -0.970.